The van der Waals surface area contributed by atoms with Crippen LogP contribution in [-0.2, 0) is 6.42 Å². The minimum atomic E-state index is -0.694. The van der Waals surface area contributed by atoms with Crippen LogP contribution in [0.2, 0.25) is 5.02 Å². The van der Waals surface area contributed by atoms with E-state index in [4.69, 9.17) is 11.6 Å². The number of aliphatic hydroxyl groups is 1. The number of hydrogen-bond acceptors (Lipinski definition) is 3. The van der Waals surface area contributed by atoms with Crippen molar-refractivity contribution in [2.75, 3.05) is 0 Å². The van der Waals surface area contributed by atoms with Crippen molar-refractivity contribution in [3.05, 3.63) is 50.7 Å². The van der Waals surface area contributed by atoms with E-state index in [2.05, 4.69) is 4.98 Å². The van der Waals surface area contributed by atoms with Gasteiger partial charge in [0.05, 0.1) is 16.0 Å². The van der Waals surface area contributed by atoms with Crippen molar-refractivity contribution in [1.29, 1.82) is 0 Å². The van der Waals surface area contributed by atoms with Gasteiger partial charge >= 0.3 is 0 Å². The number of hydrogen-bond donors (Lipinski definition) is 1. The molecule has 0 saturated heterocycles. The Morgan fingerprint density at radius 1 is 1.53 bits per heavy atom. The predicted molar refractivity (Wildman–Crippen MR) is 66.9 cm³/mol. The van der Waals surface area contributed by atoms with Gasteiger partial charge in [-0.2, -0.15) is 0 Å². The first kappa shape index (κ1) is 12.5. The number of benzene rings is 1. The molecule has 0 spiro atoms. The normalized spacial score (nSPS) is 12.7. The Kier molecular flexibility index (Phi) is 3.76. The van der Waals surface area contributed by atoms with Crippen LogP contribution in [0.25, 0.3) is 0 Å². The van der Waals surface area contributed by atoms with Crippen molar-refractivity contribution < 1.29 is 9.50 Å². The molecule has 0 aliphatic carbocycles. The first-order chi connectivity index (χ1) is 8.06. The molecule has 0 saturated carbocycles. The van der Waals surface area contributed by atoms with Crippen molar-refractivity contribution in [3.63, 3.8) is 0 Å². The molecule has 1 aromatic heterocycles. The lowest BCUT2D eigenvalue weighted by molar-refractivity contribution is 0.182. The molecule has 0 aliphatic heterocycles. The zero-order chi connectivity index (χ0) is 12.4. The summed E-state index contributed by atoms with van der Waals surface area (Å²) in [5, 5.41) is 11.3. The number of aliphatic hydroxyl groups excluding tert-OH is 1. The lowest BCUT2D eigenvalue weighted by Crippen LogP contribution is -2.00. The maximum Gasteiger partial charge on any atom is 0.123 e. The molecule has 0 fully saturated rings. The molecule has 0 bridgehead atoms. The lowest BCUT2D eigenvalue weighted by atomic mass is 10.1. The molecule has 1 aromatic carbocycles. The Morgan fingerprint density at radius 2 is 2.29 bits per heavy atom. The summed E-state index contributed by atoms with van der Waals surface area (Å²) in [6.45, 7) is 1.87. The summed E-state index contributed by atoms with van der Waals surface area (Å²) in [5.41, 5.74) is 0.602. The molecule has 1 unspecified atom stereocenters. The number of aromatic nitrogens is 1. The fourth-order valence-corrected chi connectivity index (χ4v) is 2.51. The van der Waals surface area contributed by atoms with Gasteiger partial charge in [-0.1, -0.05) is 11.6 Å². The highest BCUT2D eigenvalue weighted by Crippen LogP contribution is 2.27. The van der Waals surface area contributed by atoms with Gasteiger partial charge in [0.2, 0.25) is 0 Å². The quantitative estimate of drug-likeness (QED) is 0.927. The van der Waals surface area contributed by atoms with Crippen LogP contribution in [0.1, 0.15) is 21.6 Å². The summed E-state index contributed by atoms with van der Waals surface area (Å²) >= 11 is 7.37. The summed E-state index contributed by atoms with van der Waals surface area (Å²) in [6.07, 6.45) is 1.23. The van der Waals surface area contributed by atoms with Crippen LogP contribution in [0.5, 0.6) is 0 Å². The Bertz CT molecular complexity index is 529. The van der Waals surface area contributed by atoms with Gasteiger partial charge in [0.25, 0.3) is 0 Å². The van der Waals surface area contributed by atoms with Crippen molar-refractivity contribution in [2.45, 2.75) is 19.4 Å². The second-order valence-corrected chi connectivity index (χ2v) is 5.41. The molecule has 1 atom stereocenters. The van der Waals surface area contributed by atoms with Crippen molar-refractivity contribution in [3.8, 4) is 0 Å². The third-order valence-electron chi connectivity index (χ3n) is 2.39. The average molecular weight is 272 g/mol. The number of nitrogens with zero attached hydrogens (tertiary/aromatic N) is 1. The third kappa shape index (κ3) is 3.03. The molecule has 0 radical (unpaired) electrons. The highest BCUT2D eigenvalue weighted by molar-refractivity contribution is 7.11. The maximum absolute atomic E-state index is 13.1. The second-order valence-electron chi connectivity index (χ2n) is 3.74. The molecule has 2 nitrogen and oxygen atoms in total. The number of halogens is 2. The van der Waals surface area contributed by atoms with Gasteiger partial charge in [-0.15, -0.1) is 11.3 Å². The van der Waals surface area contributed by atoms with Gasteiger partial charge in [-0.3, -0.25) is 0 Å². The van der Waals surface area contributed by atoms with Crippen LogP contribution in [0.3, 0.4) is 0 Å². The van der Waals surface area contributed by atoms with E-state index in [0.717, 1.165) is 9.88 Å². The summed E-state index contributed by atoms with van der Waals surface area (Å²) < 4.78 is 13.1. The largest absolute Gasteiger partial charge is 0.387 e. The van der Waals surface area contributed by atoms with Crippen LogP contribution < -0.4 is 0 Å². The van der Waals surface area contributed by atoms with E-state index in [1.807, 2.05) is 6.92 Å². The summed E-state index contributed by atoms with van der Waals surface area (Å²) in [4.78, 5) is 4.84. The van der Waals surface area contributed by atoms with Crippen LogP contribution in [0, 0.1) is 12.7 Å². The van der Waals surface area contributed by atoms with Gasteiger partial charge < -0.3 is 5.11 Å². The monoisotopic (exact) mass is 271 g/mol. The molecule has 90 valence electrons. The van der Waals surface area contributed by atoms with Gasteiger partial charge in [-0.25, -0.2) is 9.37 Å². The highest BCUT2D eigenvalue weighted by Gasteiger charge is 2.13. The van der Waals surface area contributed by atoms with E-state index in [1.165, 1.54) is 29.5 Å². The Labute approximate surface area is 108 Å². The van der Waals surface area contributed by atoms with Crippen LogP contribution in [0.15, 0.2) is 24.4 Å². The van der Waals surface area contributed by atoms with Crippen molar-refractivity contribution in [2.24, 2.45) is 0 Å². The van der Waals surface area contributed by atoms with E-state index in [9.17, 15) is 9.50 Å². The molecule has 2 rings (SSSR count). The van der Waals surface area contributed by atoms with E-state index in [0.29, 0.717) is 10.6 Å². The standard InChI is InChI=1S/C12H11ClFNOS/c1-7-15-6-12(17-7)11(16)5-8-4-9(14)2-3-10(8)13/h2-4,6,11,16H,5H2,1H3. The van der Waals surface area contributed by atoms with E-state index < -0.39 is 6.10 Å². The molecule has 1 N–H and O–H groups in total. The van der Waals surface area contributed by atoms with Gasteiger partial charge in [-0.05, 0) is 30.7 Å². The van der Waals surface area contributed by atoms with Crippen molar-refractivity contribution >= 4 is 22.9 Å². The molecule has 1 heterocycles. The smallest absolute Gasteiger partial charge is 0.123 e. The Morgan fingerprint density at radius 3 is 2.94 bits per heavy atom. The molecule has 17 heavy (non-hydrogen) atoms. The fourth-order valence-electron chi connectivity index (χ4n) is 1.54. The average Bonchev–Trinajstić information content (AvgIpc) is 2.70. The van der Waals surface area contributed by atoms with E-state index in [-0.39, 0.29) is 12.2 Å². The minimum absolute atomic E-state index is 0.290. The Balaban J connectivity index is 2.18. The topological polar surface area (TPSA) is 33.1 Å². The van der Waals surface area contributed by atoms with Crippen LogP contribution in [0.4, 0.5) is 4.39 Å². The third-order valence-corrected chi connectivity index (χ3v) is 3.77. The molecule has 0 aliphatic rings. The van der Waals surface area contributed by atoms with E-state index in [1.54, 1.807) is 6.20 Å². The Hall–Kier alpha value is -0.970. The summed E-state index contributed by atoms with van der Waals surface area (Å²) in [6, 6.07) is 4.14. The molecular formula is C12H11ClFNOS. The number of aryl methyl sites for hydroxylation is 1. The highest BCUT2D eigenvalue weighted by atomic mass is 35.5. The minimum Gasteiger partial charge on any atom is -0.387 e. The molecule has 2 aromatic rings. The number of rotatable bonds is 3. The number of thiazole rings is 1. The lowest BCUT2D eigenvalue weighted by Gasteiger charge is -2.09. The van der Waals surface area contributed by atoms with Crippen LogP contribution in [-0.4, -0.2) is 10.1 Å². The molecule has 0 amide bonds. The molecular weight excluding hydrogens is 261 g/mol. The molecule has 5 heteroatoms. The maximum atomic E-state index is 13.1. The van der Waals surface area contributed by atoms with E-state index >= 15 is 0 Å². The zero-order valence-electron chi connectivity index (χ0n) is 9.15. The van der Waals surface area contributed by atoms with Crippen LogP contribution >= 0.6 is 22.9 Å². The predicted octanol–water partition coefficient (Wildman–Crippen LogP) is 3.52. The zero-order valence-corrected chi connectivity index (χ0v) is 10.7. The fraction of sp³-hybridized carbons (Fsp3) is 0.250. The van der Waals surface area contributed by atoms with Crippen molar-refractivity contribution in [1.82, 2.24) is 4.98 Å². The van der Waals surface area contributed by atoms with Gasteiger partial charge in [0.15, 0.2) is 0 Å². The summed E-state index contributed by atoms with van der Waals surface area (Å²) in [5.74, 6) is -0.350. The second kappa shape index (κ2) is 5.12. The van der Waals surface area contributed by atoms with Gasteiger partial charge in [0, 0.05) is 17.6 Å². The first-order valence-electron chi connectivity index (χ1n) is 5.10. The summed E-state index contributed by atoms with van der Waals surface area (Å²) in [7, 11) is 0. The van der Waals surface area contributed by atoms with Gasteiger partial charge in [0.1, 0.15) is 5.82 Å². The first-order valence-corrected chi connectivity index (χ1v) is 6.30. The SMILES string of the molecule is Cc1ncc(C(O)Cc2cc(F)ccc2Cl)s1.